The Hall–Kier alpha value is -1.55. The normalized spacial score (nSPS) is 12.0. The van der Waals surface area contributed by atoms with Crippen molar-refractivity contribution in [1.29, 1.82) is 0 Å². The summed E-state index contributed by atoms with van der Waals surface area (Å²) in [6, 6.07) is 6.06. The molecule has 1 aromatic rings. The number of carbonyl (C=O) groups is 1. The van der Waals surface area contributed by atoms with Crippen LogP contribution in [0, 0.1) is 13.8 Å². The highest BCUT2D eigenvalue weighted by molar-refractivity contribution is 5.76. The predicted octanol–water partition coefficient (Wildman–Crippen LogP) is 2.67. The number of likely N-dealkylation sites (N-methyl/N-ethyl adjacent to an activating group) is 1. The number of nitrogens with one attached hydrogen (secondary N) is 1. The van der Waals surface area contributed by atoms with E-state index in [1.807, 2.05) is 14.0 Å². The molecule has 0 aromatic heterocycles. The molecule has 21 heavy (non-hydrogen) atoms. The highest BCUT2D eigenvalue weighted by atomic mass is 16.5. The summed E-state index contributed by atoms with van der Waals surface area (Å²) in [5.74, 6) is -0.178. The molecule has 0 aliphatic rings. The number of nitrogens with zero attached hydrogens (tertiary/aromatic N) is 1. The van der Waals surface area contributed by atoms with E-state index in [4.69, 9.17) is 4.74 Å². The molecule has 118 valence electrons. The zero-order valence-electron chi connectivity index (χ0n) is 13.9. The van der Waals surface area contributed by atoms with E-state index in [1.54, 1.807) is 0 Å². The lowest BCUT2D eigenvalue weighted by Gasteiger charge is -2.26. The summed E-state index contributed by atoms with van der Waals surface area (Å²) in [5, 5.41) is 3.27. The maximum Gasteiger partial charge on any atom is 0.324 e. The van der Waals surface area contributed by atoms with E-state index in [2.05, 4.69) is 49.2 Å². The average Bonchev–Trinajstić information content (AvgIpc) is 2.43. The third-order valence-corrected chi connectivity index (χ3v) is 3.43. The van der Waals surface area contributed by atoms with Gasteiger partial charge in [-0.1, -0.05) is 24.6 Å². The van der Waals surface area contributed by atoms with Gasteiger partial charge in [0.1, 0.15) is 6.04 Å². The summed E-state index contributed by atoms with van der Waals surface area (Å²) in [5.41, 5.74) is 3.61. The lowest BCUT2D eigenvalue weighted by Crippen LogP contribution is -2.46. The molecular weight excluding hydrogens is 264 g/mol. The second-order valence-electron chi connectivity index (χ2n) is 5.43. The number of benzene rings is 1. The van der Waals surface area contributed by atoms with Crippen molar-refractivity contribution in [2.45, 2.75) is 40.2 Å². The van der Waals surface area contributed by atoms with Gasteiger partial charge in [0, 0.05) is 19.3 Å². The van der Waals surface area contributed by atoms with Gasteiger partial charge in [-0.2, -0.15) is 0 Å². The minimum atomic E-state index is -0.296. The molecule has 1 aromatic carbocycles. The third-order valence-electron chi connectivity index (χ3n) is 3.43. The minimum absolute atomic E-state index is 0.178. The number of rotatable bonds is 8. The van der Waals surface area contributed by atoms with E-state index >= 15 is 0 Å². The van der Waals surface area contributed by atoms with Crippen LogP contribution in [0.25, 0.3) is 0 Å². The monoisotopic (exact) mass is 292 g/mol. The minimum Gasteiger partial charge on any atom is -0.465 e. The fraction of sp³-hybridized carbons (Fsp3) is 0.588. The lowest BCUT2D eigenvalue weighted by molar-refractivity contribution is -0.145. The zero-order valence-corrected chi connectivity index (χ0v) is 13.9. The van der Waals surface area contributed by atoms with Crippen LogP contribution in [0.15, 0.2) is 18.2 Å². The summed E-state index contributed by atoms with van der Waals surface area (Å²) in [4.78, 5) is 14.2. The molecule has 0 amide bonds. The maximum atomic E-state index is 12.0. The van der Waals surface area contributed by atoms with Gasteiger partial charge >= 0.3 is 5.97 Å². The molecule has 0 radical (unpaired) electrons. The average molecular weight is 292 g/mol. The van der Waals surface area contributed by atoms with Gasteiger partial charge in [0.2, 0.25) is 0 Å². The fourth-order valence-corrected chi connectivity index (χ4v) is 2.39. The largest absolute Gasteiger partial charge is 0.465 e. The van der Waals surface area contributed by atoms with Crippen LogP contribution in [0.1, 0.15) is 31.4 Å². The van der Waals surface area contributed by atoms with Crippen LogP contribution in [0.5, 0.6) is 0 Å². The van der Waals surface area contributed by atoms with Crippen molar-refractivity contribution in [3.63, 3.8) is 0 Å². The van der Waals surface area contributed by atoms with Gasteiger partial charge in [-0.25, -0.2) is 0 Å². The molecule has 4 nitrogen and oxygen atoms in total. The predicted molar refractivity (Wildman–Crippen MR) is 87.9 cm³/mol. The molecule has 1 unspecified atom stereocenters. The summed E-state index contributed by atoms with van der Waals surface area (Å²) in [6.45, 7) is 9.92. The summed E-state index contributed by atoms with van der Waals surface area (Å²) >= 11 is 0. The van der Waals surface area contributed by atoms with Crippen LogP contribution >= 0.6 is 0 Å². The SMILES string of the molecule is CCCNC(CN(C)c1ccc(C)cc1C)C(=O)OCC. The van der Waals surface area contributed by atoms with E-state index < -0.39 is 0 Å². The van der Waals surface area contributed by atoms with Gasteiger partial charge in [-0.05, 0) is 45.4 Å². The molecule has 0 heterocycles. The Bertz CT molecular complexity index is 460. The van der Waals surface area contributed by atoms with Gasteiger partial charge < -0.3 is 15.0 Å². The first-order chi connectivity index (χ1) is 9.99. The number of ether oxygens (including phenoxy) is 1. The highest BCUT2D eigenvalue weighted by Gasteiger charge is 2.21. The third kappa shape index (κ3) is 5.38. The Morgan fingerprint density at radius 3 is 2.62 bits per heavy atom. The number of aryl methyl sites for hydroxylation is 2. The zero-order chi connectivity index (χ0) is 15.8. The van der Waals surface area contributed by atoms with Crippen LogP contribution in [0.4, 0.5) is 5.69 Å². The first-order valence-corrected chi connectivity index (χ1v) is 7.68. The molecule has 0 aliphatic heterocycles. The molecule has 0 spiro atoms. The molecule has 1 rings (SSSR count). The van der Waals surface area contributed by atoms with Crippen LogP contribution in [-0.4, -0.2) is 38.8 Å². The summed E-state index contributed by atoms with van der Waals surface area (Å²) < 4.78 is 5.16. The Balaban J connectivity index is 2.78. The fourth-order valence-electron chi connectivity index (χ4n) is 2.39. The van der Waals surface area contributed by atoms with Gasteiger partial charge in [0.15, 0.2) is 0 Å². The van der Waals surface area contributed by atoms with Crippen molar-refractivity contribution in [3.05, 3.63) is 29.3 Å². The summed E-state index contributed by atoms with van der Waals surface area (Å²) in [7, 11) is 2.01. The quantitative estimate of drug-likeness (QED) is 0.748. The molecule has 1 N–H and O–H groups in total. The maximum absolute atomic E-state index is 12.0. The van der Waals surface area contributed by atoms with E-state index in [9.17, 15) is 4.79 Å². The van der Waals surface area contributed by atoms with Crippen molar-refractivity contribution < 1.29 is 9.53 Å². The highest BCUT2D eigenvalue weighted by Crippen LogP contribution is 2.20. The number of anilines is 1. The van der Waals surface area contributed by atoms with Gasteiger partial charge in [0.25, 0.3) is 0 Å². The van der Waals surface area contributed by atoms with Crippen LogP contribution in [0.2, 0.25) is 0 Å². The molecule has 0 fully saturated rings. The van der Waals surface area contributed by atoms with E-state index in [1.165, 1.54) is 11.1 Å². The van der Waals surface area contributed by atoms with Crippen LogP contribution in [0.3, 0.4) is 0 Å². The molecule has 1 atom stereocenters. The molecule has 0 saturated carbocycles. The Morgan fingerprint density at radius 1 is 1.33 bits per heavy atom. The second-order valence-corrected chi connectivity index (χ2v) is 5.43. The first-order valence-electron chi connectivity index (χ1n) is 7.68. The van der Waals surface area contributed by atoms with Gasteiger partial charge in [0.05, 0.1) is 6.61 Å². The van der Waals surface area contributed by atoms with E-state index in [0.29, 0.717) is 13.2 Å². The van der Waals surface area contributed by atoms with Crippen molar-refractivity contribution >= 4 is 11.7 Å². The number of hydrogen-bond donors (Lipinski definition) is 1. The molecular formula is C17H28N2O2. The number of esters is 1. The van der Waals surface area contributed by atoms with Crippen molar-refractivity contribution in [2.24, 2.45) is 0 Å². The topological polar surface area (TPSA) is 41.6 Å². The van der Waals surface area contributed by atoms with Gasteiger partial charge in [-0.15, -0.1) is 0 Å². The summed E-state index contributed by atoms with van der Waals surface area (Å²) in [6.07, 6.45) is 0.989. The molecule has 0 saturated heterocycles. The van der Waals surface area contributed by atoms with Crippen molar-refractivity contribution in [1.82, 2.24) is 5.32 Å². The standard InChI is InChI=1S/C17H28N2O2/c1-6-10-18-15(17(20)21-7-2)12-19(5)16-9-8-13(3)11-14(16)4/h8-9,11,15,18H,6-7,10,12H2,1-5H3. The Labute approximate surface area is 128 Å². The number of hydrogen-bond acceptors (Lipinski definition) is 4. The molecule has 0 aliphatic carbocycles. The van der Waals surface area contributed by atoms with Crippen molar-refractivity contribution in [2.75, 3.05) is 31.6 Å². The number of carbonyl (C=O) groups excluding carboxylic acids is 1. The Kier molecular flexibility index (Phi) is 7.23. The van der Waals surface area contributed by atoms with Crippen LogP contribution in [-0.2, 0) is 9.53 Å². The smallest absolute Gasteiger partial charge is 0.324 e. The van der Waals surface area contributed by atoms with E-state index in [0.717, 1.165) is 18.7 Å². The van der Waals surface area contributed by atoms with Crippen LogP contribution < -0.4 is 10.2 Å². The molecule has 0 bridgehead atoms. The lowest BCUT2D eigenvalue weighted by atomic mass is 10.1. The Morgan fingerprint density at radius 2 is 2.05 bits per heavy atom. The van der Waals surface area contributed by atoms with E-state index in [-0.39, 0.29) is 12.0 Å². The molecule has 4 heteroatoms. The van der Waals surface area contributed by atoms with Crippen molar-refractivity contribution in [3.8, 4) is 0 Å². The van der Waals surface area contributed by atoms with Gasteiger partial charge in [-0.3, -0.25) is 4.79 Å². The second kappa shape index (κ2) is 8.67. The first kappa shape index (κ1) is 17.5.